The third-order valence-electron chi connectivity index (χ3n) is 4.06. The molecule has 0 aromatic carbocycles. The first-order valence-corrected chi connectivity index (χ1v) is 9.69. The molecule has 1 amide bonds. The fourth-order valence-electron chi connectivity index (χ4n) is 2.94. The largest absolute Gasteiger partial charge is 0.350 e. The number of hydrogen-bond donors (Lipinski definition) is 2. The molecule has 0 bridgehead atoms. The van der Waals surface area contributed by atoms with Crippen LogP contribution in [0.15, 0.2) is 11.2 Å². The Kier molecular flexibility index (Phi) is 6.09. The molecule has 3 rings (SSSR count). The molecule has 1 aliphatic heterocycles. The number of nitrogens with one attached hydrogen (secondary N) is 2. The molecule has 1 aliphatic rings. The van der Waals surface area contributed by atoms with Crippen LogP contribution in [0.1, 0.15) is 37.0 Å². The third-order valence-corrected chi connectivity index (χ3v) is 4.91. The fraction of sp³-hybridized carbons (Fsp3) is 0.625. The standard InChI is InChI=1S/C16H25N7OS/c1-3-5-22-6-4-7-23-14(10-22)8-13(21-23)9-17-15(24)11-25-16-18-12(2)19-20-16/h8H,3-7,9-11H2,1-2H3,(H,17,24)(H,18,19,20). The average molecular weight is 363 g/mol. The van der Waals surface area contributed by atoms with Gasteiger partial charge in [-0.25, -0.2) is 4.98 Å². The number of aromatic amines is 1. The molecular weight excluding hydrogens is 338 g/mol. The Morgan fingerprint density at radius 3 is 3.08 bits per heavy atom. The maximum Gasteiger partial charge on any atom is 0.230 e. The Labute approximate surface area is 151 Å². The van der Waals surface area contributed by atoms with E-state index in [0.717, 1.165) is 44.1 Å². The van der Waals surface area contributed by atoms with Gasteiger partial charge >= 0.3 is 0 Å². The topological polar surface area (TPSA) is 91.7 Å². The predicted molar refractivity (Wildman–Crippen MR) is 96.1 cm³/mol. The molecule has 2 aromatic heterocycles. The van der Waals surface area contributed by atoms with E-state index in [-0.39, 0.29) is 5.91 Å². The molecule has 0 atom stereocenters. The first-order valence-electron chi connectivity index (χ1n) is 8.70. The first-order chi connectivity index (χ1) is 12.1. The van der Waals surface area contributed by atoms with Crippen LogP contribution < -0.4 is 5.32 Å². The maximum absolute atomic E-state index is 12.0. The zero-order valence-electron chi connectivity index (χ0n) is 14.8. The molecule has 0 radical (unpaired) electrons. The monoisotopic (exact) mass is 363 g/mol. The van der Waals surface area contributed by atoms with Gasteiger partial charge in [0.2, 0.25) is 11.1 Å². The van der Waals surface area contributed by atoms with Gasteiger partial charge in [-0.2, -0.15) is 5.10 Å². The molecule has 8 nitrogen and oxygen atoms in total. The molecule has 2 N–H and O–H groups in total. The SMILES string of the molecule is CCCN1CCCn2nc(CNC(=O)CSc3n[nH]c(C)n3)cc2C1. The van der Waals surface area contributed by atoms with E-state index in [4.69, 9.17) is 0 Å². The number of fused-ring (bicyclic) bond motifs is 1. The molecule has 0 unspecified atom stereocenters. The highest BCUT2D eigenvalue weighted by molar-refractivity contribution is 7.99. The second-order valence-electron chi connectivity index (χ2n) is 6.25. The Balaban J connectivity index is 1.48. The average Bonchev–Trinajstić information content (AvgIpc) is 3.13. The molecule has 0 saturated heterocycles. The smallest absolute Gasteiger partial charge is 0.230 e. The summed E-state index contributed by atoms with van der Waals surface area (Å²) in [7, 11) is 0. The van der Waals surface area contributed by atoms with Crippen LogP contribution in [0.3, 0.4) is 0 Å². The first kappa shape index (κ1) is 17.9. The molecule has 136 valence electrons. The lowest BCUT2D eigenvalue weighted by molar-refractivity contribution is -0.118. The molecule has 3 heterocycles. The molecule has 2 aromatic rings. The van der Waals surface area contributed by atoms with Gasteiger partial charge in [-0.15, -0.1) is 5.10 Å². The van der Waals surface area contributed by atoms with E-state index < -0.39 is 0 Å². The highest BCUT2D eigenvalue weighted by Gasteiger charge is 2.16. The van der Waals surface area contributed by atoms with Gasteiger partial charge in [-0.1, -0.05) is 18.7 Å². The van der Waals surface area contributed by atoms with Crippen molar-refractivity contribution in [2.24, 2.45) is 0 Å². The van der Waals surface area contributed by atoms with Crippen LogP contribution in [-0.2, 0) is 24.4 Å². The van der Waals surface area contributed by atoms with Gasteiger partial charge in [0.15, 0.2) is 0 Å². The minimum absolute atomic E-state index is 0.0387. The highest BCUT2D eigenvalue weighted by atomic mass is 32.2. The number of aromatic nitrogens is 5. The Bertz CT molecular complexity index is 711. The maximum atomic E-state index is 12.0. The molecule has 0 fully saturated rings. The molecule has 25 heavy (non-hydrogen) atoms. The lowest BCUT2D eigenvalue weighted by atomic mass is 10.3. The molecule has 0 saturated carbocycles. The lowest BCUT2D eigenvalue weighted by Gasteiger charge is -2.17. The van der Waals surface area contributed by atoms with E-state index >= 15 is 0 Å². The quantitative estimate of drug-likeness (QED) is 0.721. The van der Waals surface area contributed by atoms with Crippen LogP contribution >= 0.6 is 11.8 Å². The minimum Gasteiger partial charge on any atom is -0.350 e. The molecule has 0 spiro atoms. The van der Waals surface area contributed by atoms with E-state index in [0.29, 0.717) is 17.5 Å². The molecule has 9 heteroatoms. The number of amides is 1. The number of thioether (sulfide) groups is 1. The van der Waals surface area contributed by atoms with Crippen LogP contribution in [0.25, 0.3) is 0 Å². The van der Waals surface area contributed by atoms with Gasteiger partial charge in [-0.3, -0.25) is 19.5 Å². The number of H-pyrrole nitrogens is 1. The predicted octanol–water partition coefficient (Wildman–Crippen LogP) is 1.33. The number of carbonyl (C=O) groups excluding carboxylic acids is 1. The van der Waals surface area contributed by atoms with Gasteiger partial charge in [0.1, 0.15) is 5.82 Å². The summed E-state index contributed by atoms with van der Waals surface area (Å²) < 4.78 is 2.09. The van der Waals surface area contributed by atoms with Crippen molar-refractivity contribution in [3.05, 3.63) is 23.3 Å². The highest BCUT2D eigenvalue weighted by Crippen LogP contribution is 2.14. The van der Waals surface area contributed by atoms with Gasteiger partial charge in [0, 0.05) is 19.6 Å². The number of carbonyl (C=O) groups is 1. The Hall–Kier alpha value is -1.87. The van der Waals surface area contributed by atoms with Crippen molar-refractivity contribution >= 4 is 17.7 Å². The van der Waals surface area contributed by atoms with Crippen molar-refractivity contribution in [1.29, 1.82) is 0 Å². The van der Waals surface area contributed by atoms with Crippen molar-refractivity contribution in [1.82, 2.24) is 35.2 Å². The number of aryl methyl sites for hydroxylation is 2. The minimum atomic E-state index is -0.0387. The summed E-state index contributed by atoms with van der Waals surface area (Å²) >= 11 is 1.32. The van der Waals surface area contributed by atoms with E-state index in [1.807, 2.05) is 6.92 Å². The normalized spacial score (nSPS) is 15.0. The molecule has 0 aliphatic carbocycles. The van der Waals surface area contributed by atoms with Gasteiger partial charge in [0.05, 0.1) is 23.7 Å². The van der Waals surface area contributed by atoms with Gasteiger partial charge in [-0.05, 0) is 32.4 Å². The lowest BCUT2D eigenvalue weighted by Crippen LogP contribution is -2.25. The fourth-order valence-corrected chi connectivity index (χ4v) is 3.61. The summed E-state index contributed by atoms with van der Waals surface area (Å²) in [5, 5.41) is 14.9. The summed E-state index contributed by atoms with van der Waals surface area (Å²) in [6.45, 7) is 8.64. The van der Waals surface area contributed by atoms with E-state index in [2.05, 4.69) is 48.2 Å². The van der Waals surface area contributed by atoms with E-state index in [1.54, 1.807) is 0 Å². The Morgan fingerprint density at radius 2 is 2.32 bits per heavy atom. The van der Waals surface area contributed by atoms with Crippen LogP contribution in [0.5, 0.6) is 0 Å². The van der Waals surface area contributed by atoms with Crippen LogP contribution in [0.4, 0.5) is 0 Å². The summed E-state index contributed by atoms with van der Waals surface area (Å²) in [5.74, 6) is 1.01. The van der Waals surface area contributed by atoms with Crippen molar-refractivity contribution in [2.75, 3.05) is 18.8 Å². The summed E-state index contributed by atoms with van der Waals surface area (Å²) in [6, 6.07) is 2.11. The third kappa shape index (κ3) is 5.05. The van der Waals surface area contributed by atoms with Crippen LogP contribution in [0, 0.1) is 6.92 Å². The number of hydrogen-bond acceptors (Lipinski definition) is 6. The Morgan fingerprint density at radius 1 is 1.44 bits per heavy atom. The van der Waals surface area contributed by atoms with E-state index in [9.17, 15) is 4.79 Å². The number of nitrogens with zero attached hydrogens (tertiary/aromatic N) is 5. The summed E-state index contributed by atoms with van der Waals surface area (Å²) in [6.07, 6.45) is 2.28. The molecular formula is C16H25N7OS. The van der Waals surface area contributed by atoms with Crippen molar-refractivity contribution < 1.29 is 4.79 Å². The summed E-state index contributed by atoms with van der Waals surface area (Å²) in [4.78, 5) is 18.6. The van der Waals surface area contributed by atoms with Gasteiger partial charge < -0.3 is 5.32 Å². The second kappa shape index (κ2) is 8.48. The van der Waals surface area contributed by atoms with Crippen LogP contribution in [-0.4, -0.2) is 54.6 Å². The summed E-state index contributed by atoms with van der Waals surface area (Å²) in [5.41, 5.74) is 2.15. The number of rotatable bonds is 7. The van der Waals surface area contributed by atoms with Crippen molar-refractivity contribution in [3.63, 3.8) is 0 Å². The zero-order valence-corrected chi connectivity index (χ0v) is 15.6. The van der Waals surface area contributed by atoms with E-state index in [1.165, 1.54) is 23.9 Å². The van der Waals surface area contributed by atoms with Crippen LogP contribution in [0.2, 0.25) is 0 Å². The zero-order chi connectivity index (χ0) is 17.6. The van der Waals surface area contributed by atoms with Gasteiger partial charge in [0.25, 0.3) is 0 Å². The van der Waals surface area contributed by atoms with Crippen molar-refractivity contribution in [2.45, 2.75) is 51.5 Å². The second-order valence-corrected chi connectivity index (χ2v) is 7.19. The van der Waals surface area contributed by atoms with Crippen molar-refractivity contribution in [3.8, 4) is 0 Å².